The van der Waals surface area contributed by atoms with E-state index < -0.39 is 0 Å². The highest BCUT2D eigenvalue weighted by Crippen LogP contribution is 2.36. The van der Waals surface area contributed by atoms with Crippen molar-refractivity contribution in [2.24, 2.45) is 11.1 Å². The third kappa shape index (κ3) is 3.74. The molecule has 3 heteroatoms. The first-order valence-electron chi connectivity index (χ1n) is 6.26. The molecule has 3 nitrogen and oxygen atoms in total. The molecular weight excluding hydrogens is 188 g/mol. The minimum Gasteiger partial charge on any atom is -0.379 e. The van der Waals surface area contributed by atoms with Crippen LogP contribution in [0.25, 0.3) is 0 Å². The summed E-state index contributed by atoms with van der Waals surface area (Å²) in [6, 6.07) is 0. The van der Waals surface area contributed by atoms with Crippen LogP contribution in [0.5, 0.6) is 0 Å². The molecule has 0 saturated carbocycles. The normalized spacial score (nSPS) is 21.0. The minimum atomic E-state index is 0.591. The number of ether oxygens (including phenoxy) is 1. The van der Waals surface area contributed by atoms with Gasteiger partial charge in [-0.05, 0) is 31.2 Å². The van der Waals surface area contributed by atoms with E-state index in [1.165, 1.54) is 32.4 Å². The maximum atomic E-state index is 5.41. The largest absolute Gasteiger partial charge is 0.379 e. The standard InChI is InChI=1S/C12H26N2O/c1-3-12(4-2)5-7-14(11-12)8-10-15-9-6-13/h3-11,13H2,1-2H3. The van der Waals surface area contributed by atoms with Crippen LogP contribution < -0.4 is 5.73 Å². The van der Waals surface area contributed by atoms with Crippen molar-refractivity contribution < 1.29 is 4.74 Å². The highest BCUT2D eigenvalue weighted by Gasteiger charge is 2.34. The summed E-state index contributed by atoms with van der Waals surface area (Å²) in [7, 11) is 0. The minimum absolute atomic E-state index is 0.591. The summed E-state index contributed by atoms with van der Waals surface area (Å²) in [5, 5.41) is 0. The van der Waals surface area contributed by atoms with Crippen molar-refractivity contribution in [3.05, 3.63) is 0 Å². The summed E-state index contributed by atoms with van der Waals surface area (Å²) in [6.07, 6.45) is 3.98. The molecule has 0 aromatic carbocycles. The first-order valence-corrected chi connectivity index (χ1v) is 6.26. The van der Waals surface area contributed by atoms with Gasteiger partial charge in [0.05, 0.1) is 13.2 Å². The lowest BCUT2D eigenvalue weighted by molar-refractivity contribution is 0.111. The van der Waals surface area contributed by atoms with E-state index in [0.29, 0.717) is 18.6 Å². The van der Waals surface area contributed by atoms with Crippen LogP contribution in [0.2, 0.25) is 0 Å². The van der Waals surface area contributed by atoms with Gasteiger partial charge < -0.3 is 15.4 Å². The zero-order chi connectivity index (χ0) is 11.1. The van der Waals surface area contributed by atoms with Crippen LogP contribution in [-0.2, 0) is 4.74 Å². The molecule has 0 amide bonds. The monoisotopic (exact) mass is 214 g/mol. The summed E-state index contributed by atoms with van der Waals surface area (Å²) in [6.45, 7) is 10.4. The molecule has 0 aromatic heterocycles. The Hall–Kier alpha value is -0.120. The molecule has 15 heavy (non-hydrogen) atoms. The van der Waals surface area contributed by atoms with Gasteiger partial charge in [-0.1, -0.05) is 13.8 Å². The summed E-state index contributed by atoms with van der Waals surface area (Å²) in [4.78, 5) is 2.53. The highest BCUT2D eigenvalue weighted by atomic mass is 16.5. The Labute approximate surface area is 94.0 Å². The smallest absolute Gasteiger partial charge is 0.0594 e. The number of nitrogens with zero attached hydrogens (tertiary/aromatic N) is 1. The van der Waals surface area contributed by atoms with Crippen LogP contribution in [0, 0.1) is 5.41 Å². The molecular formula is C12H26N2O. The molecule has 1 fully saturated rings. The molecule has 1 rings (SSSR count). The zero-order valence-electron chi connectivity index (χ0n) is 10.3. The van der Waals surface area contributed by atoms with Crippen LogP contribution >= 0.6 is 0 Å². The Balaban J connectivity index is 2.18. The van der Waals surface area contributed by atoms with Gasteiger partial charge in [0.1, 0.15) is 0 Å². The molecule has 0 bridgehead atoms. The fourth-order valence-electron chi connectivity index (χ4n) is 2.42. The van der Waals surface area contributed by atoms with E-state index in [-0.39, 0.29) is 0 Å². The summed E-state index contributed by atoms with van der Waals surface area (Å²) < 4.78 is 5.41. The van der Waals surface area contributed by atoms with E-state index in [9.17, 15) is 0 Å². The van der Waals surface area contributed by atoms with Crippen molar-refractivity contribution in [2.75, 3.05) is 39.4 Å². The zero-order valence-corrected chi connectivity index (χ0v) is 10.3. The van der Waals surface area contributed by atoms with Gasteiger partial charge in [-0.15, -0.1) is 0 Å². The van der Waals surface area contributed by atoms with Gasteiger partial charge in [0, 0.05) is 19.6 Å². The molecule has 1 heterocycles. The average molecular weight is 214 g/mol. The maximum absolute atomic E-state index is 5.41. The molecule has 0 aromatic rings. The first kappa shape index (κ1) is 12.9. The summed E-state index contributed by atoms with van der Waals surface area (Å²) >= 11 is 0. The predicted molar refractivity (Wildman–Crippen MR) is 63.9 cm³/mol. The lowest BCUT2D eigenvalue weighted by atomic mass is 9.82. The second-order valence-corrected chi connectivity index (χ2v) is 4.63. The van der Waals surface area contributed by atoms with E-state index in [4.69, 9.17) is 10.5 Å². The number of likely N-dealkylation sites (tertiary alicyclic amines) is 1. The fourth-order valence-corrected chi connectivity index (χ4v) is 2.42. The van der Waals surface area contributed by atoms with Gasteiger partial charge in [-0.3, -0.25) is 0 Å². The molecule has 0 spiro atoms. The number of rotatable bonds is 7. The van der Waals surface area contributed by atoms with Gasteiger partial charge in [0.15, 0.2) is 0 Å². The lowest BCUT2D eigenvalue weighted by Gasteiger charge is -2.26. The number of hydrogen-bond acceptors (Lipinski definition) is 3. The van der Waals surface area contributed by atoms with Crippen molar-refractivity contribution in [3.63, 3.8) is 0 Å². The van der Waals surface area contributed by atoms with E-state index >= 15 is 0 Å². The first-order chi connectivity index (χ1) is 7.26. The van der Waals surface area contributed by atoms with Gasteiger partial charge in [-0.2, -0.15) is 0 Å². The molecule has 0 radical (unpaired) electrons. The molecule has 1 saturated heterocycles. The third-order valence-corrected chi connectivity index (χ3v) is 3.83. The van der Waals surface area contributed by atoms with Crippen LogP contribution in [0.15, 0.2) is 0 Å². The Morgan fingerprint density at radius 1 is 1.27 bits per heavy atom. The quantitative estimate of drug-likeness (QED) is 0.652. The van der Waals surface area contributed by atoms with E-state index in [2.05, 4.69) is 18.7 Å². The Morgan fingerprint density at radius 2 is 2.00 bits per heavy atom. The SMILES string of the molecule is CCC1(CC)CCN(CCOCCN)C1. The lowest BCUT2D eigenvalue weighted by Crippen LogP contribution is -2.29. The third-order valence-electron chi connectivity index (χ3n) is 3.83. The topological polar surface area (TPSA) is 38.5 Å². The van der Waals surface area contributed by atoms with Crippen molar-refractivity contribution >= 4 is 0 Å². The summed E-state index contributed by atoms with van der Waals surface area (Å²) in [5.74, 6) is 0. The Bertz CT molecular complexity index is 169. The average Bonchev–Trinajstić information content (AvgIpc) is 2.69. The van der Waals surface area contributed by atoms with Gasteiger partial charge in [0.2, 0.25) is 0 Å². The number of nitrogens with two attached hydrogens (primary N) is 1. The molecule has 0 atom stereocenters. The molecule has 0 unspecified atom stereocenters. The Kier molecular flexibility index (Phi) is 5.58. The van der Waals surface area contributed by atoms with Crippen molar-refractivity contribution in [3.8, 4) is 0 Å². The highest BCUT2D eigenvalue weighted by molar-refractivity contribution is 4.87. The number of hydrogen-bond donors (Lipinski definition) is 1. The van der Waals surface area contributed by atoms with E-state index in [1.807, 2.05) is 0 Å². The van der Waals surface area contributed by atoms with E-state index in [1.54, 1.807) is 0 Å². The van der Waals surface area contributed by atoms with Crippen LogP contribution in [0.1, 0.15) is 33.1 Å². The second kappa shape index (κ2) is 6.46. The van der Waals surface area contributed by atoms with Crippen molar-refractivity contribution in [1.82, 2.24) is 4.90 Å². The van der Waals surface area contributed by atoms with Crippen LogP contribution in [0.3, 0.4) is 0 Å². The van der Waals surface area contributed by atoms with E-state index in [0.717, 1.165) is 13.2 Å². The molecule has 1 aliphatic rings. The fraction of sp³-hybridized carbons (Fsp3) is 1.00. The summed E-state index contributed by atoms with van der Waals surface area (Å²) in [5.41, 5.74) is 5.96. The van der Waals surface area contributed by atoms with Crippen molar-refractivity contribution in [2.45, 2.75) is 33.1 Å². The van der Waals surface area contributed by atoms with Gasteiger partial charge in [-0.25, -0.2) is 0 Å². The molecule has 90 valence electrons. The van der Waals surface area contributed by atoms with Gasteiger partial charge >= 0.3 is 0 Å². The molecule has 1 aliphatic heterocycles. The van der Waals surface area contributed by atoms with Gasteiger partial charge in [0.25, 0.3) is 0 Å². The Morgan fingerprint density at radius 3 is 2.53 bits per heavy atom. The molecule has 2 N–H and O–H groups in total. The van der Waals surface area contributed by atoms with Crippen molar-refractivity contribution in [1.29, 1.82) is 0 Å². The molecule has 0 aliphatic carbocycles. The second-order valence-electron chi connectivity index (χ2n) is 4.63. The predicted octanol–water partition coefficient (Wildman–Crippen LogP) is 1.47. The van der Waals surface area contributed by atoms with Crippen LogP contribution in [0.4, 0.5) is 0 Å². The maximum Gasteiger partial charge on any atom is 0.0594 e. The van der Waals surface area contributed by atoms with Crippen LogP contribution in [-0.4, -0.2) is 44.3 Å².